The topological polar surface area (TPSA) is 12.0 Å². The van der Waals surface area contributed by atoms with E-state index in [0.717, 1.165) is 30.0 Å². The summed E-state index contributed by atoms with van der Waals surface area (Å²) in [7, 11) is 0. The smallest absolute Gasteiger partial charge is 0.123 e. The quantitative estimate of drug-likeness (QED) is 0.704. The highest BCUT2D eigenvalue weighted by Crippen LogP contribution is 2.33. The SMILES string of the molecule is CCCNC(CCC1CCCC1)c1c(C)cc(F)cc1C. The summed E-state index contributed by atoms with van der Waals surface area (Å²) in [5, 5.41) is 3.69. The Bertz CT molecular complexity index is 426. The summed E-state index contributed by atoms with van der Waals surface area (Å²) >= 11 is 0. The van der Waals surface area contributed by atoms with Crippen molar-refractivity contribution in [3.8, 4) is 0 Å². The zero-order valence-corrected chi connectivity index (χ0v) is 13.8. The number of hydrogen-bond donors (Lipinski definition) is 1. The van der Waals surface area contributed by atoms with Gasteiger partial charge in [-0.05, 0) is 74.4 Å². The van der Waals surface area contributed by atoms with Crippen molar-refractivity contribution in [3.05, 3.63) is 34.6 Å². The van der Waals surface area contributed by atoms with E-state index in [0.29, 0.717) is 6.04 Å². The first-order chi connectivity index (χ1) is 10.1. The van der Waals surface area contributed by atoms with Crippen LogP contribution in [0.25, 0.3) is 0 Å². The van der Waals surface area contributed by atoms with Gasteiger partial charge in [-0.25, -0.2) is 4.39 Å². The molecule has 1 nitrogen and oxygen atoms in total. The summed E-state index contributed by atoms with van der Waals surface area (Å²) in [5.41, 5.74) is 3.50. The lowest BCUT2D eigenvalue weighted by Crippen LogP contribution is -2.24. The van der Waals surface area contributed by atoms with E-state index in [1.54, 1.807) is 12.1 Å². The molecule has 0 saturated heterocycles. The maximum Gasteiger partial charge on any atom is 0.123 e. The fraction of sp³-hybridized carbons (Fsp3) is 0.684. The Morgan fingerprint density at radius 1 is 1.19 bits per heavy atom. The summed E-state index contributed by atoms with van der Waals surface area (Å²) in [6.07, 6.45) is 9.25. The van der Waals surface area contributed by atoms with Gasteiger partial charge in [-0.15, -0.1) is 0 Å². The molecule has 1 aliphatic carbocycles. The van der Waals surface area contributed by atoms with Crippen molar-refractivity contribution in [2.45, 2.75) is 71.8 Å². The van der Waals surface area contributed by atoms with Gasteiger partial charge in [-0.3, -0.25) is 0 Å². The van der Waals surface area contributed by atoms with E-state index in [2.05, 4.69) is 12.2 Å². The van der Waals surface area contributed by atoms with Crippen LogP contribution < -0.4 is 5.32 Å². The highest BCUT2D eigenvalue weighted by atomic mass is 19.1. The van der Waals surface area contributed by atoms with Crippen molar-refractivity contribution in [1.82, 2.24) is 5.32 Å². The fourth-order valence-corrected chi connectivity index (χ4v) is 3.84. The standard InChI is InChI=1S/C19H30FN/c1-4-11-21-18(10-9-16-7-5-6-8-16)19-14(2)12-17(20)13-15(19)3/h12-13,16,18,21H,4-11H2,1-3H3. The molecule has 2 heteroatoms. The zero-order valence-electron chi connectivity index (χ0n) is 13.8. The first kappa shape index (κ1) is 16.5. The van der Waals surface area contributed by atoms with Crippen LogP contribution in [0.5, 0.6) is 0 Å². The van der Waals surface area contributed by atoms with Gasteiger partial charge in [0.2, 0.25) is 0 Å². The molecule has 0 amide bonds. The highest BCUT2D eigenvalue weighted by molar-refractivity contribution is 5.37. The maximum atomic E-state index is 13.5. The number of hydrogen-bond acceptors (Lipinski definition) is 1. The number of rotatable bonds is 7. The Labute approximate surface area is 129 Å². The predicted octanol–water partition coefficient (Wildman–Crippen LogP) is 5.45. The van der Waals surface area contributed by atoms with Gasteiger partial charge in [0.1, 0.15) is 5.82 Å². The number of nitrogens with one attached hydrogen (secondary N) is 1. The normalized spacial score (nSPS) is 17.3. The molecule has 0 bridgehead atoms. The third-order valence-corrected chi connectivity index (χ3v) is 4.89. The van der Waals surface area contributed by atoms with Crippen LogP contribution >= 0.6 is 0 Å². The summed E-state index contributed by atoms with van der Waals surface area (Å²) in [6.45, 7) is 7.32. The molecule has 0 radical (unpaired) electrons. The Morgan fingerprint density at radius 3 is 2.38 bits per heavy atom. The number of aryl methyl sites for hydroxylation is 2. The van der Waals surface area contributed by atoms with Gasteiger partial charge in [0.15, 0.2) is 0 Å². The monoisotopic (exact) mass is 291 g/mol. The largest absolute Gasteiger partial charge is 0.310 e. The van der Waals surface area contributed by atoms with Crippen LogP contribution in [-0.2, 0) is 0 Å². The second kappa shape index (κ2) is 7.93. The molecule has 0 aromatic heterocycles. The Balaban J connectivity index is 2.10. The molecule has 1 aromatic carbocycles. The average Bonchev–Trinajstić information content (AvgIpc) is 2.93. The van der Waals surface area contributed by atoms with E-state index < -0.39 is 0 Å². The number of benzene rings is 1. The minimum absolute atomic E-state index is 0.112. The number of halogens is 1. The minimum Gasteiger partial charge on any atom is -0.310 e. The molecule has 2 rings (SSSR count). The Hall–Kier alpha value is -0.890. The lowest BCUT2D eigenvalue weighted by atomic mass is 9.90. The predicted molar refractivity (Wildman–Crippen MR) is 88.1 cm³/mol. The molecule has 1 unspecified atom stereocenters. The summed E-state index contributed by atoms with van der Waals surface area (Å²) in [6, 6.07) is 3.74. The van der Waals surface area contributed by atoms with E-state index in [9.17, 15) is 4.39 Å². The molecule has 1 aromatic rings. The molecule has 1 fully saturated rings. The average molecular weight is 291 g/mol. The van der Waals surface area contributed by atoms with Crippen LogP contribution in [0.1, 0.15) is 74.6 Å². The molecule has 1 saturated carbocycles. The lowest BCUT2D eigenvalue weighted by Gasteiger charge is -2.24. The second-order valence-corrected chi connectivity index (χ2v) is 6.69. The highest BCUT2D eigenvalue weighted by Gasteiger charge is 2.20. The van der Waals surface area contributed by atoms with Gasteiger partial charge in [-0.2, -0.15) is 0 Å². The zero-order chi connectivity index (χ0) is 15.2. The molecule has 1 aliphatic rings. The molecular formula is C19H30FN. The molecule has 0 heterocycles. The molecule has 0 spiro atoms. The van der Waals surface area contributed by atoms with E-state index in [1.807, 2.05) is 13.8 Å². The molecular weight excluding hydrogens is 261 g/mol. The van der Waals surface area contributed by atoms with Gasteiger partial charge in [0.25, 0.3) is 0 Å². The molecule has 1 N–H and O–H groups in total. The van der Waals surface area contributed by atoms with Gasteiger partial charge in [-0.1, -0.05) is 32.6 Å². The van der Waals surface area contributed by atoms with E-state index in [4.69, 9.17) is 0 Å². The van der Waals surface area contributed by atoms with E-state index in [-0.39, 0.29) is 5.82 Å². The Morgan fingerprint density at radius 2 is 1.81 bits per heavy atom. The fourth-order valence-electron chi connectivity index (χ4n) is 3.84. The van der Waals surface area contributed by atoms with Gasteiger partial charge in [0.05, 0.1) is 0 Å². The molecule has 0 aliphatic heterocycles. The van der Waals surface area contributed by atoms with Crippen molar-refractivity contribution < 1.29 is 4.39 Å². The Kier molecular flexibility index (Phi) is 6.22. The third kappa shape index (κ3) is 4.54. The van der Waals surface area contributed by atoms with Crippen molar-refractivity contribution in [3.63, 3.8) is 0 Å². The maximum absolute atomic E-state index is 13.5. The molecule has 21 heavy (non-hydrogen) atoms. The van der Waals surface area contributed by atoms with Gasteiger partial charge in [0, 0.05) is 6.04 Å². The third-order valence-electron chi connectivity index (χ3n) is 4.89. The van der Waals surface area contributed by atoms with Crippen molar-refractivity contribution in [1.29, 1.82) is 0 Å². The van der Waals surface area contributed by atoms with Crippen molar-refractivity contribution in [2.75, 3.05) is 6.54 Å². The van der Waals surface area contributed by atoms with Gasteiger partial charge >= 0.3 is 0 Å². The van der Waals surface area contributed by atoms with Crippen LogP contribution in [0.2, 0.25) is 0 Å². The van der Waals surface area contributed by atoms with Crippen LogP contribution in [-0.4, -0.2) is 6.54 Å². The molecule has 1 atom stereocenters. The van der Waals surface area contributed by atoms with E-state index >= 15 is 0 Å². The summed E-state index contributed by atoms with van der Waals surface area (Å²) in [4.78, 5) is 0. The minimum atomic E-state index is -0.112. The first-order valence-corrected chi connectivity index (χ1v) is 8.61. The van der Waals surface area contributed by atoms with Crippen molar-refractivity contribution >= 4 is 0 Å². The van der Waals surface area contributed by atoms with Gasteiger partial charge < -0.3 is 5.32 Å². The van der Waals surface area contributed by atoms with Crippen LogP contribution in [0.15, 0.2) is 12.1 Å². The first-order valence-electron chi connectivity index (χ1n) is 8.61. The summed E-state index contributed by atoms with van der Waals surface area (Å²) in [5.74, 6) is 0.802. The van der Waals surface area contributed by atoms with Crippen LogP contribution in [0.3, 0.4) is 0 Å². The summed E-state index contributed by atoms with van der Waals surface area (Å²) < 4.78 is 13.5. The van der Waals surface area contributed by atoms with E-state index in [1.165, 1.54) is 44.1 Å². The molecule has 118 valence electrons. The lowest BCUT2D eigenvalue weighted by molar-refractivity contribution is 0.409. The van der Waals surface area contributed by atoms with Crippen LogP contribution in [0.4, 0.5) is 4.39 Å². The van der Waals surface area contributed by atoms with Crippen molar-refractivity contribution in [2.24, 2.45) is 5.92 Å². The van der Waals surface area contributed by atoms with Crippen LogP contribution in [0, 0.1) is 25.6 Å². The second-order valence-electron chi connectivity index (χ2n) is 6.69.